The van der Waals surface area contributed by atoms with Crippen LogP contribution < -0.4 is 5.32 Å². The first-order valence-corrected chi connectivity index (χ1v) is 4.37. The van der Waals surface area contributed by atoms with Gasteiger partial charge in [-0.05, 0) is 12.1 Å². The number of nitro benzene ring substituents is 1. The van der Waals surface area contributed by atoms with Crippen molar-refractivity contribution >= 4 is 17.5 Å². The Morgan fingerprint density at radius 3 is 2.56 bits per heavy atom. The first kappa shape index (κ1) is 11.9. The molecule has 16 heavy (non-hydrogen) atoms. The highest BCUT2D eigenvalue weighted by Crippen LogP contribution is 2.15. The molecule has 0 unspecified atom stereocenters. The van der Waals surface area contributed by atoms with Crippen molar-refractivity contribution in [3.63, 3.8) is 0 Å². The maximum absolute atomic E-state index is 11.7. The van der Waals surface area contributed by atoms with Gasteiger partial charge in [-0.3, -0.25) is 15.4 Å². The molecular weight excluding hydrogens is 219 g/mol. The molecule has 1 amide bonds. The van der Waals surface area contributed by atoms with E-state index in [-0.39, 0.29) is 12.3 Å². The number of alkyl halides is 1. The summed E-state index contributed by atoms with van der Waals surface area (Å²) in [6.45, 7) is -1.08. The van der Waals surface area contributed by atoms with Crippen LogP contribution in [0.25, 0.3) is 0 Å². The van der Waals surface area contributed by atoms with Crippen molar-refractivity contribution in [3.8, 4) is 0 Å². The van der Waals surface area contributed by atoms with Gasteiger partial charge in [0.15, 0.2) is 0 Å². The van der Waals surface area contributed by atoms with Crippen LogP contribution in [0.15, 0.2) is 24.3 Å². The Labute approximate surface area is 90.2 Å². The van der Waals surface area contributed by atoms with Gasteiger partial charge in [0, 0.05) is 17.8 Å². The molecule has 7 heteroatoms. The molecule has 0 saturated heterocycles. The number of carbonyl (C=O) groups excluding carboxylic acids is 1. The van der Waals surface area contributed by atoms with Crippen molar-refractivity contribution in [2.45, 2.75) is 0 Å². The largest absolute Gasteiger partial charge is 0.447 e. The number of ether oxygens (including phenoxy) is 1. The Bertz CT molecular complexity index is 380. The lowest BCUT2D eigenvalue weighted by atomic mass is 10.3. The normalized spacial score (nSPS) is 9.56. The predicted octanol–water partition coefficient (Wildman–Crippen LogP) is 2.11. The molecule has 0 atom stereocenters. The van der Waals surface area contributed by atoms with Crippen molar-refractivity contribution in [1.29, 1.82) is 0 Å². The third-order valence-electron chi connectivity index (χ3n) is 1.63. The molecule has 0 aliphatic rings. The van der Waals surface area contributed by atoms with E-state index in [0.29, 0.717) is 5.69 Å². The van der Waals surface area contributed by atoms with Crippen molar-refractivity contribution < 1.29 is 18.8 Å². The van der Waals surface area contributed by atoms with Gasteiger partial charge in [-0.25, -0.2) is 9.18 Å². The van der Waals surface area contributed by atoms with Crippen molar-refractivity contribution in [3.05, 3.63) is 34.4 Å². The standard InChI is InChI=1S/C9H9FN2O4/c10-5-6-16-9(13)11-7-1-3-8(4-2-7)12(14)15/h1-4H,5-6H2,(H,11,13). The second kappa shape index (κ2) is 5.64. The van der Waals surface area contributed by atoms with E-state index in [0.717, 1.165) is 0 Å². The summed E-state index contributed by atoms with van der Waals surface area (Å²) in [5, 5.41) is 12.6. The molecule has 0 heterocycles. The number of carbonyl (C=O) groups is 1. The number of nitrogens with zero attached hydrogens (tertiary/aromatic N) is 1. The number of hydrogen-bond donors (Lipinski definition) is 1. The van der Waals surface area contributed by atoms with Crippen LogP contribution in [0.1, 0.15) is 0 Å². The third kappa shape index (κ3) is 3.52. The Morgan fingerprint density at radius 1 is 1.44 bits per heavy atom. The Hall–Kier alpha value is -2.18. The van der Waals surface area contributed by atoms with Gasteiger partial charge in [-0.1, -0.05) is 0 Å². The Morgan fingerprint density at radius 2 is 2.06 bits per heavy atom. The zero-order valence-electron chi connectivity index (χ0n) is 8.18. The smallest absolute Gasteiger partial charge is 0.411 e. The molecule has 1 rings (SSSR count). The van der Waals surface area contributed by atoms with Crippen molar-refractivity contribution in [2.24, 2.45) is 0 Å². The number of hydrogen-bond acceptors (Lipinski definition) is 4. The highest BCUT2D eigenvalue weighted by molar-refractivity contribution is 5.84. The average Bonchev–Trinajstić information content (AvgIpc) is 2.27. The number of anilines is 1. The van der Waals surface area contributed by atoms with Gasteiger partial charge in [0.25, 0.3) is 5.69 Å². The molecule has 6 nitrogen and oxygen atoms in total. The molecule has 86 valence electrons. The number of amides is 1. The second-order valence-corrected chi connectivity index (χ2v) is 2.75. The minimum atomic E-state index is -0.800. The van der Waals surface area contributed by atoms with Gasteiger partial charge in [-0.2, -0.15) is 0 Å². The van der Waals surface area contributed by atoms with Crippen LogP contribution in [-0.2, 0) is 4.74 Å². The van der Waals surface area contributed by atoms with E-state index >= 15 is 0 Å². The van der Waals surface area contributed by atoms with Gasteiger partial charge in [-0.15, -0.1) is 0 Å². The molecule has 0 fully saturated rings. The summed E-state index contributed by atoms with van der Waals surface area (Å²) in [5.74, 6) is 0. The van der Waals surface area contributed by atoms with Crippen LogP contribution in [-0.4, -0.2) is 24.3 Å². The monoisotopic (exact) mass is 228 g/mol. The minimum Gasteiger partial charge on any atom is -0.447 e. The fraction of sp³-hybridized carbons (Fsp3) is 0.222. The lowest BCUT2D eigenvalue weighted by Gasteiger charge is -2.04. The van der Waals surface area contributed by atoms with Gasteiger partial charge in [0.2, 0.25) is 0 Å². The maximum atomic E-state index is 11.7. The van der Waals surface area contributed by atoms with Gasteiger partial charge in [0.1, 0.15) is 13.3 Å². The van der Waals surface area contributed by atoms with Gasteiger partial charge in [0.05, 0.1) is 4.92 Å². The first-order chi connectivity index (χ1) is 7.63. The maximum Gasteiger partial charge on any atom is 0.411 e. The van der Waals surface area contributed by atoms with E-state index in [9.17, 15) is 19.3 Å². The molecular formula is C9H9FN2O4. The zero-order chi connectivity index (χ0) is 12.0. The highest BCUT2D eigenvalue weighted by atomic mass is 19.1. The summed E-state index contributed by atoms with van der Waals surface area (Å²) in [4.78, 5) is 20.7. The van der Waals surface area contributed by atoms with Crippen molar-refractivity contribution in [1.82, 2.24) is 0 Å². The molecule has 1 aromatic carbocycles. The number of non-ortho nitro benzene ring substituents is 1. The van der Waals surface area contributed by atoms with Gasteiger partial charge >= 0.3 is 6.09 Å². The van der Waals surface area contributed by atoms with Crippen LogP contribution in [0, 0.1) is 10.1 Å². The summed E-state index contributed by atoms with van der Waals surface area (Å²) >= 11 is 0. The first-order valence-electron chi connectivity index (χ1n) is 4.37. The van der Waals surface area contributed by atoms with Gasteiger partial charge < -0.3 is 4.74 Å². The number of halogens is 1. The van der Waals surface area contributed by atoms with E-state index in [1.165, 1.54) is 24.3 Å². The molecule has 0 aliphatic carbocycles. The molecule has 1 N–H and O–H groups in total. The molecule has 0 radical (unpaired) electrons. The Kier molecular flexibility index (Phi) is 4.19. The lowest BCUT2D eigenvalue weighted by molar-refractivity contribution is -0.384. The average molecular weight is 228 g/mol. The highest BCUT2D eigenvalue weighted by Gasteiger charge is 2.06. The molecule has 0 bridgehead atoms. The van der Waals surface area contributed by atoms with E-state index in [1.807, 2.05) is 0 Å². The van der Waals surface area contributed by atoms with Crippen LogP contribution in [0.4, 0.5) is 20.6 Å². The molecule has 0 aliphatic heterocycles. The van der Waals surface area contributed by atoms with Crippen LogP contribution in [0.3, 0.4) is 0 Å². The third-order valence-corrected chi connectivity index (χ3v) is 1.63. The molecule has 0 aromatic heterocycles. The molecule has 0 spiro atoms. The van der Waals surface area contributed by atoms with E-state index in [4.69, 9.17) is 0 Å². The second-order valence-electron chi connectivity index (χ2n) is 2.75. The zero-order valence-corrected chi connectivity index (χ0v) is 8.18. The summed E-state index contributed by atoms with van der Waals surface area (Å²) in [7, 11) is 0. The van der Waals surface area contributed by atoms with Crippen LogP contribution in [0.5, 0.6) is 0 Å². The van der Waals surface area contributed by atoms with Crippen molar-refractivity contribution in [2.75, 3.05) is 18.6 Å². The minimum absolute atomic E-state index is 0.0809. The quantitative estimate of drug-likeness (QED) is 0.632. The topological polar surface area (TPSA) is 81.5 Å². The van der Waals surface area contributed by atoms with Crippen LogP contribution >= 0.6 is 0 Å². The van der Waals surface area contributed by atoms with Crippen LogP contribution in [0.2, 0.25) is 0 Å². The summed E-state index contributed by atoms with van der Waals surface area (Å²) < 4.78 is 16.1. The SMILES string of the molecule is O=C(Nc1ccc([N+](=O)[O-])cc1)OCCF. The molecule has 0 saturated carbocycles. The predicted molar refractivity (Wildman–Crippen MR) is 54.0 cm³/mol. The number of nitro groups is 1. The fourth-order valence-electron chi connectivity index (χ4n) is 0.952. The number of benzene rings is 1. The summed E-state index contributed by atoms with van der Waals surface area (Å²) in [6, 6.07) is 5.19. The Balaban J connectivity index is 2.55. The number of rotatable bonds is 4. The van der Waals surface area contributed by atoms with E-state index in [1.54, 1.807) is 0 Å². The fourth-order valence-corrected chi connectivity index (χ4v) is 0.952. The van der Waals surface area contributed by atoms with E-state index in [2.05, 4.69) is 10.1 Å². The summed E-state index contributed by atoms with van der Waals surface area (Å²) in [6.07, 6.45) is -0.800. The lowest BCUT2D eigenvalue weighted by Crippen LogP contribution is -2.14. The number of nitrogens with one attached hydrogen (secondary N) is 1. The molecule has 1 aromatic rings. The van der Waals surface area contributed by atoms with E-state index < -0.39 is 17.7 Å². The summed E-state index contributed by atoms with van der Waals surface area (Å²) in [5.41, 5.74) is 0.261.